The topological polar surface area (TPSA) is 42.8 Å². The first-order valence-electron chi connectivity index (χ1n) is 22.5. The lowest BCUT2D eigenvalue weighted by molar-refractivity contribution is 0.672. The van der Waals surface area contributed by atoms with Crippen LogP contribution in [0, 0.1) is 5.92 Å². The zero-order valence-electron chi connectivity index (χ0n) is 35.7. The molecular weight excluding hydrogens is 791 g/mol. The van der Waals surface area contributed by atoms with E-state index in [9.17, 15) is 0 Å². The summed E-state index contributed by atoms with van der Waals surface area (Å²) in [5.41, 5.74) is 12.2. The lowest BCUT2D eigenvalue weighted by Gasteiger charge is -2.21. The van der Waals surface area contributed by atoms with Gasteiger partial charge < -0.3 is 8.98 Å². The van der Waals surface area contributed by atoms with E-state index in [4.69, 9.17) is 14.4 Å². The summed E-state index contributed by atoms with van der Waals surface area (Å²) in [5.74, 6) is 0.757. The van der Waals surface area contributed by atoms with E-state index >= 15 is 0 Å². The number of benzene rings is 10. The Morgan fingerprint density at radius 2 is 1.14 bits per heavy atom. The first kappa shape index (κ1) is 37.2. The predicted octanol–water partition coefficient (Wildman–Crippen LogP) is 16.1. The SMILES string of the molecule is CC1C/C=C(c2ccc3oc4c5ccccc5ccc4c3c2-n2c3ccccc3c3cc4ccccc4cc32)/N=C(c2cccc(-c3ccccc3)c2)\N=C/1c1ccc2ccccc2c1. The van der Waals surface area contributed by atoms with Gasteiger partial charge >= 0.3 is 0 Å². The third kappa shape index (κ3) is 6.13. The maximum Gasteiger partial charge on any atom is 0.160 e. The van der Waals surface area contributed by atoms with E-state index in [2.05, 4.69) is 224 Å². The summed E-state index contributed by atoms with van der Waals surface area (Å²) in [6, 6.07) is 73.9. The molecule has 0 aliphatic carbocycles. The van der Waals surface area contributed by atoms with Crippen LogP contribution in [0.15, 0.2) is 227 Å². The van der Waals surface area contributed by atoms with E-state index in [1.165, 1.54) is 32.3 Å². The molecule has 4 heteroatoms. The van der Waals surface area contributed by atoms with Crippen LogP contribution >= 0.6 is 0 Å². The molecule has 0 bridgehead atoms. The maximum absolute atomic E-state index is 6.95. The van der Waals surface area contributed by atoms with Gasteiger partial charge in [-0.2, -0.15) is 0 Å². The van der Waals surface area contributed by atoms with Gasteiger partial charge in [-0.1, -0.05) is 171 Å². The summed E-state index contributed by atoms with van der Waals surface area (Å²) >= 11 is 0. The Labute approximate surface area is 375 Å². The van der Waals surface area contributed by atoms with Crippen molar-refractivity contribution in [2.24, 2.45) is 15.9 Å². The average molecular weight is 832 g/mol. The zero-order valence-corrected chi connectivity index (χ0v) is 35.7. The van der Waals surface area contributed by atoms with Gasteiger partial charge in [0.1, 0.15) is 11.2 Å². The largest absolute Gasteiger partial charge is 0.455 e. The summed E-state index contributed by atoms with van der Waals surface area (Å²) in [6.45, 7) is 2.29. The van der Waals surface area contributed by atoms with E-state index in [1.54, 1.807) is 0 Å². The van der Waals surface area contributed by atoms with Gasteiger partial charge in [-0.3, -0.25) is 0 Å². The third-order valence-electron chi connectivity index (χ3n) is 13.4. The fraction of sp³-hybridized carbons (Fsp3) is 0.0492. The highest BCUT2D eigenvalue weighted by Gasteiger charge is 2.26. The summed E-state index contributed by atoms with van der Waals surface area (Å²) in [4.78, 5) is 11.4. The molecule has 0 saturated carbocycles. The molecule has 1 aliphatic heterocycles. The highest BCUT2D eigenvalue weighted by atomic mass is 16.3. The number of aromatic nitrogens is 1. The summed E-state index contributed by atoms with van der Waals surface area (Å²) < 4.78 is 9.42. The molecule has 0 fully saturated rings. The summed E-state index contributed by atoms with van der Waals surface area (Å²) in [7, 11) is 0. The van der Waals surface area contributed by atoms with Crippen molar-refractivity contribution in [2.75, 3.05) is 0 Å². The zero-order chi connectivity index (χ0) is 43.0. The highest BCUT2D eigenvalue weighted by Crippen LogP contribution is 2.45. The van der Waals surface area contributed by atoms with E-state index < -0.39 is 0 Å². The normalized spacial score (nSPS) is 17.0. The van der Waals surface area contributed by atoms with Crippen LogP contribution in [0.3, 0.4) is 0 Å². The van der Waals surface area contributed by atoms with Crippen molar-refractivity contribution in [2.45, 2.75) is 13.3 Å². The first-order valence-corrected chi connectivity index (χ1v) is 22.5. The molecule has 13 rings (SSSR count). The van der Waals surface area contributed by atoms with Crippen LogP contribution in [0.4, 0.5) is 0 Å². The molecule has 306 valence electrons. The van der Waals surface area contributed by atoms with Crippen LogP contribution in [-0.2, 0) is 0 Å². The molecule has 1 aliphatic rings. The molecule has 1 unspecified atom stereocenters. The first-order chi connectivity index (χ1) is 32.1. The molecule has 0 spiro atoms. The molecule has 3 heterocycles. The number of fused-ring (bicyclic) bond motifs is 10. The Morgan fingerprint density at radius 1 is 0.462 bits per heavy atom. The van der Waals surface area contributed by atoms with Crippen LogP contribution in [0.5, 0.6) is 0 Å². The third-order valence-corrected chi connectivity index (χ3v) is 13.4. The van der Waals surface area contributed by atoms with Gasteiger partial charge in [0, 0.05) is 38.6 Å². The van der Waals surface area contributed by atoms with Crippen molar-refractivity contribution in [1.29, 1.82) is 0 Å². The lowest BCUT2D eigenvalue weighted by Crippen LogP contribution is -2.17. The number of rotatable bonds is 5. The van der Waals surface area contributed by atoms with Crippen LogP contribution in [0.1, 0.15) is 30.0 Å². The number of para-hydroxylation sites is 1. The van der Waals surface area contributed by atoms with E-state index in [0.717, 1.165) is 95.1 Å². The Morgan fingerprint density at radius 3 is 1.98 bits per heavy atom. The minimum absolute atomic E-state index is 0.0851. The van der Waals surface area contributed by atoms with Gasteiger partial charge in [-0.15, -0.1) is 0 Å². The number of allylic oxidation sites excluding steroid dienone is 1. The molecule has 4 nitrogen and oxygen atoms in total. The van der Waals surface area contributed by atoms with Crippen molar-refractivity contribution in [3.05, 3.63) is 229 Å². The van der Waals surface area contributed by atoms with Crippen molar-refractivity contribution >= 4 is 93.3 Å². The molecule has 1 atom stereocenters. The van der Waals surface area contributed by atoms with Crippen LogP contribution in [-0.4, -0.2) is 16.1 Å². The number of aliphatic imine (C=N–C) groups is 2. The molecule has 10 aromatic carbocycles. The highest BCUT2D eigenvalue weighted by molar-refractivity contribution is 6.22. The Kier molecular flexibility index (Phi) is 8.53. The van der Waals surface area contributed by atoms with Crippen LogP contribution < -0.4 is 0 Å². The number of nitrogens with zero attached hydrogens (tertiary/aromatic N) is 3. The molecule has 12 aromatic rings. The van der Waals surface area contributed by atoms with E-state index in [1.807, 2.05) is 0 Å². The predicted molar refractivity (Wildman–Crippen MR) is 274 cm³/mol. The number of furan rings is 1. The van der Waals surface area contributed by atoms with Crippen molar-refractivity contribution < 1.29 is 4.42 Å². The van der Waals surface area contributed by atoms with Gasteiger partial charge in [0.05, 0.1) is 33.5 Å². The lowest BCUT2D eigenvalue weighted by atomic mass is 9.91. The standard InChI is InChI=1S/C61H41N3O/c1-38-26-32-53(62-61(47-22-13-21-43(35-47)39-14-3-2-4-15-39)63-58(38)46-28-27-40-16-5-6-18-42(40)34-46)50-31-33-56-57(51-30-29-41-17-9-10-23-48(41)60(51)65-56)59(50)64-54-25-12-11-24-49(54)52-36-44-19-7-8-20-45(44)37-55(52)64/h2-25,27-38H,26H2,1H3/b53-32+,62-61-,63-58+. The van der Waals surface area contributed by atoms with Gasteiger partial charge in [-0.25, -0.2) is 9.98 Å². The molecule has 0 N–H and O–H groups in total. The number of amidine groups is 1. The Bertz CT molecular complexity index is 4000. The quantitative estimate of drug-likeness (QED) is 0.170. The van der Waals surface area contributed by atoms with Crippen molar-refractivity contribution in [3.8, 4) is 16.8 Å². The second kappa shape index (κ2) is 14.9. The Balaban J connectivity index is 1.12. The van der Waals surface area contributed by atoms with Gasteiger partial charge in [-0.05, 0) is 98.6 Å². The minimum Gasteiger partial charge on any atom is -0.455 e. The van der Waals surface area contributed by atoms with E-state index in [-0.39, 0.29) is 5.92 Å². The maximum atomic E-state index is 6.95. The molecule has 65 heavy (non-hydrogen) atoms. The van der Waals surface area contributed by atoms with Crippen LogP contribution in [0.2, 0.25) is 0 Å². The Hall–Kier alpha value is -8.34. The van der Waals surface area contributed by atoms with Gasteiger partial charge in [0.2, 0.25) is 0 Å². The molecule has 2 aromatic heterocycles. The van der Waals surface area contributed by atoms with Gasteiger partial charge in [0.15, 0.2) is 5.84 Å². The van der Waals surface area contributed by atoms with Gasteiger partial charge in [0.25, 0.3) is 0 Å². The minimum atomic E-state index is 0.0851. The van der Waals surface area contributed by atoms with Crippen LogP contribution in [0.25, 0.3) is 98.6 Å². The molecule has 0 amide bonds. The molecule has 0 saturated heterocycles. The number of hydrogen-bond donors (Lipinski definition) is 0. The molecular formula is C61H41N3O. The van der Waals surface area contributed by atoms with Crippen molar-refractivity contribution in [1.82, 2.24) is 4.57 Å². The molecule has 0 radical (unpaired) electrons. The number of hydrogen-bond acceptors (Lipinski definition) is 3. The van der Waals surface area contributed by atoms with E-state index in [0.29, 0.717) is 5.84 Å². The second-order valence-corrected chi connectivity index (χ2v) is 17.3. The average Bonchev–Trinajstić information content (AvgIpc) is 3.90. The fourth-order valence-electron chi connectivity index (χ4n) is 10.2. The summed E-state index contributed by atoms with van der Waals surface area (Å²) in [6.07, 6.45) is 3.08. The monoisotopic (exact) mass is 831 g/mol. The smallest absolute Gasteiger partial charge is 0.160 e. The van der Waals surface area contributed by atoms with Crippen molar-refractivity contribution in [3.63, 3.8) is 0 Å². The second-order valence-electron chi connectivity index (χ2n) is 17.3. The summed E-state index contributed by atoms with van der Waals surface area (Å²) in [5, 5.41) is 11.6. The fourth-order valence-corrected chi connectivity index (χ4v) is 10.2.